The number of hydrogen-bond acceptors (Lipinski definition) is 5. The summed E-state index contributed by atoms with van der Waals surface area (Å²) in [6.45, 7) is 4.05. The van der Waals surface area contributed by atoms with Gasteiger partial charge in [0.1, 0.15) is 5.75 Å². The average molecular weight is 420 g/mol. The number of fused-ring (bicyclic) bond motifs is 1. The van der Waals surface area contributed by atoms with Gasteiger partial charge in [0.05, 0.1) is 6.54 Å². The lowest BCUT2D eigenvalue weighted by atomic mass is 10.1. The third-order valence-electron chi connectivity index (χ3n) is 4.85. The van der Waals surface area contributed by atoms with Gasteiger partial charge in [0.15, 0.2) is 18.2 Å². The molecule has 158 valence electrons. The van der Waals surface area contributed by atoms with Crippen molar-refractivity contribution in [2.45, 2.75) is 39.8 Å². The fourth-order valence-electron chi connectivity index (χ4n) is 3.25. The monoisotopic (exact) mass is 420 g/mol. The van der Waals surface area contributed by atoms with E-state index in [9.17, 15) is 18.0 Å². The number of alkyl halides is 3. The second-order valence-corrected chi connectivity index (χ2v) is 7.10. The molecular weight excluding hydrogens is 401 g/mol. The van der Waals surface area contributed by atoms with Crippen molar-refractivity contribution in [3.63, 3.8) is 0 Å². The predicted octanol–water partition coefficient (Wildman–Crippen LogP) is 2.80. The first-order valence-electron chi connectivity index (χ1n) is 9.24. The van der Waals surface area contributed by atoms with E-state index in [0.29, 0.717) is 0 Å². The molecule has 0 N–H and O–H groups in total. The number of halogens is 3. The lowest BCUT2D eigenvalue weighted by molar-refractivity contribution is -0.147. The Kier molecular flexibility index (Phi) is 4.96. The quantitative estimate of drug-likeness (QED) is 0.649. The van der Waals surface area contributed by atoms with E-state index in [0.717, 1.165) is 21.4 Å². The number of ether oxygens (including phenoxy) is 1. The summed E-state index contributed by atoms with van der Waals surface area (Å²) in [5.74, 6) is -0.602. The number of benzene rings is 1. The number of carbonyl (C=O) groups excluding carboxylic acids is 1. The Morgan fingerprint density at radius 3 is 2.73 bits per heavy atom. The summed E-state index contributed by atoms with van der Waals surface area (Å²) in [5.41, 5.74) is 2.24. The molecule has 1 aliphatic rings. The standard InChI is InChI=1S/C19H19F3N6O2/c1-12-3-4-13(2)15(9-12)30-11-27-6-5-14(25-27)17(29)26-7-8-28-16(10-26)23-24-18(28)19(20,21)22/h3-6,9H,7-8,10-11H2,1-2H3. The van der Waals surface area contributed by atoms with Crippen molar-refractivity contribution >= 4 is 5.91 Å². The molecule has 11 heteroatoms. The van der Waals surface area contributed by atoms with Crippen LogP contribution in [0.15, 0.2) is 30.5 Å². The summed E-state index contributed by atoms with van der Waals surface area (Å²) in [6, 6.07) is 7.42. The van der Waals surface area contributed by atoms with Crippen molar-refractivity contribution in [2.24, 2.45) is 0 Å². The Labute approximate surface area is 169 Å². The van der Waals surface area contributed by atoms with Gasteiger partial charge in [-0.1, -0.05) is 12.1 Å². The molecule has 1 aliphatic heterocycles. The van der Waals surface area contributed by atoms with E-state index in [2.05, 4.69) is 15.3 Å². The van der Waals surface area contributed by atoms with Crippen LogP contribution in [-0.2, 0) is 26.0 Å². The van der Waals surface area contributed by atoms with Gasteiger partial charge in [-0.15, -0.1) is 10.2 Å². The number of amides is 1. The molecule has 0 bridgehead atoms. The molecule has 0 unspecified atom stereocenters. The van der Waals surface area contributed by atoms with Crippen molar-refractivity contribution in [3.8, 4) is 5.75 Å². The minimum atomic E-state index is -4.58. The third-order valence-corrected chi connectivity index (χ3v) is 4.85. The zero-order valence-electron chi connectivity index (χ0n) is 16.3. The first-order valence-corrected chi connectivity index (χ1v) is 9.24. The van der Waals surface area contributed by atoms with Gasteiger partial charge in [-0.25, -0.2) is 4.68 Å². The molecule has 0 spiro atoms. The molecule has 8 nitrogen and oxygen atoms in total. The maximum atomic E-state index is 12.9. The molecule has 1 amide bonds. The SMILES string of the molecule is Cc1ccc(C)c(OCn2ccc(C(=O)N3CCn4c(nnc4C(F)(F)F)C3)n2)c1. The van der Waals surface area contributed by atoms with Gasteiger partial charge >= 0.3 is 6.18 Å². The van der Waals surface area contributed by atoms with Gasteiger partial charge in [0.2, 0.25) is 5.82 Å². The Morgan fingerprint density at radius 1 is 1.17 bits per heavy atom. The van der Waals surface area contributed by atoms with Crippen LogP contribution in [0, 0.1) is 13.8 Å². The summed E-state index contributed by atoms with van der Waals surface area (Å²) in [6.07, 6.45) is -2.96. The molecule has 0 fully saturated rings. The van der Waals surface area contributed by atoms with Crippen LogP contribution in [0.1, 0.15) is 33.3 Å². The fourth-order valence-corrected chi connectivity index (χ4v) is 3.25. The van der Waals surface area contributed by atoms with Crippen molar-refractivity contribution in [3.05, 3.63) is 58.9 Å². The van der Waals surface area contributed by atoms with Gasteiger partial charge in [0, 0.05) is 19.3 Å². The first-order chi connectivity index (χ1) is 14.2. The number of aromatic nitrogens is 5. The van der Waals surface area contributed by atoms with Crippen LogP contribution in [0.2, 0.25) is 0 Å². The number of aryl methyl sites for hydroxylation is 2. The number of hydrogen-bond donors (Lipinski definition) is 0. The average Bonchev–Trinajstić information content (AvgIpc) is 3.34. The molecule has 2 aromatic heterocycles. The van der Waals surface area contributed by atoms with Gasteiger partial charge in [0.25, 0.3) is 5.91 Å². The minimum Gasteiger partial charge on any atom is -0.471 e. The number of nitrogens with zero attached hydrogens (tertiary/aromatic N) is 6. The topological polar surface area (TPSA) is 78.1 Å². The molecule has 1 aromatic carbocycles. The fraction of sp³-hybridized carbons (Fsp3) is 0.368. The molecule has 0 aliphatic carbocycles. The molecule has 3 heterocycles. The van der Waals surface area contributed by atoms with E-state index in [1.807, 2.05) is 32.0 Å². The lowest BCUT2D eigenvalue weighted by Gasteiger charge is -2.27. The van der Waals surface area contributed by atoms with Crippen LogP contribution in [0.25, 0.3) is 0 Å². The molecule has 30 heavy (non-hydrogen) atoms. The summed E-state index contributed by atoms with van der Waals surface area (Å²) < 4.78 is 47.1. The van der Waals surface area contributed by atoms with Gasteiger partial charge in [-0.2, -0.15) is 18.3 Å². The van der Waals surface area contributed by atoms with Crippen molar-refractivity contribution < 1.29 is 22.7 Å². The van der Waals surface area contributed by atoms with E-state index in [-0.39, 0.29) is 43.8 Å². The highest BCUT2D eigenvalue weighted by Crippen LogP contribution is 2.29. The summed E-state index contributed by atoms with van der Waals surface area (Å²) in [4.78, 5) is 14.1. The van der Waals surface area contributed by atoms with Crippen LogP contribution in [0.3, 0.4) is 0 Å². The Bertz CT molecular complexity index is 1090. The van der Waals surface area contributed by atoms with Crippen LogP contribution in [0.4, 0.5) is 13.2 Å². The Balaban J connectivity index is 1.42. The largest absolute Gasteiger partial charge is 0.471 e. The maximum absolute atomic E-state index is 12.9. The van der Waals surface area contributed by atoms with E-state index in [1.165, 1.54) is 9.58 Å². The second kappa shape index (κ2) is 7.47. The highest BCUT2D eigenvalue weighted by Gasteiger charge is 2.40. The molecule has 0 radical (unpaired) electrons. The van der Waals surface area contributed by atoms with E-state index < -0.39 is 12.0 Å². The van der Waals surface area contributed by atoms with E-state index in [4.69, 9.17) is 4.74 Å². The molecule has 0 saturated heterocycles. The maximum Gasteiger partial charge on any atom is 0.451 e. The zero-order chi connectivity index (χ0) is 21.5. The molecule has 0 atom stereocenters. The summed E-state index contributed by atoms with van der Waals surface area (Å²) >= 11 is 0. The Hall–Kier alpha value is -3.37. The lowest BCUT2D eigenvalue weighted by Crippen LogP contribution is -2.39. The van der Waals surface area contributed by atoms with Gasteiger partial charge in [-0.3, -0.25) is 4.79 Å². The van der Waals surface area contributed by atoms with Gasteiger partial charge in [-0.05, 0) is 37.1 Å². The highest BCUT2D eigenvalue weighted by molar-refractivity contribution is 5.92. The van der Waals surface area contributed by atoms with E-state index in [1.54, 1.807) is 12.3 Å². The normalized spacial score (nSPS) is 14.0. The third kappa shape index (κ3) is 3.87. The van der Waals surface area contributed by atoms with Crippen LogP contribution >= 0.6 is 0 Å². The van der Waals surface area contributed by atoms with Crippen LogP contribution < -0.4 is 4.74 Å². The molecular formula is C19H19F3N6O2. The summed E-state index contributed by atoms with van der Waals surface area (Å²) in [7, 11) is 0. The number of rotatable bonds is 4. The van der Waals surface area contributed by atoms with Crippen molar-refractivity contribution in [1.82, 2.24) is 29.4 Å². The smallest absolute Gasteiger partial charge is 0.451 e. The molecule has 4 rings (SSSR count). The highest BCUT2D eigenvalue weighted by atomic mass is 19.4. The first kappa shape index (κ1) is 19.9. The Morgan fingerprint density at radius 2 is 1.97 bits per heavy atom. The predicted molar refractivity (Wildman–Crippen MR) is 98.5 cm³/mol. The number of carbonyl (C=O) groups is 1. The van der Waals surface area contributed by atoms with Crippen molar-refractivity contribution in [2.75, 3.05) is 6.54 Å². The summed E-state index contributed by atoms with van der Waals surface area (Å²) in [5, 5.41) is 11.0. The minimum absolute atomic E-state index is 0.0284. The van der Waals surface area contributed by atoms with E-state index >= 15 is 0 Å². The van der Waals surface area contributed by atoms with Crippen LogP contribution in [-0.4, -0.2) is 41.9 Å². The van der Waals surface area contributed by atoms with Crippen molar-refractivity contribution in [1.29, 1.82) is 0 Å². The van der Waals surface area contributed by atoms with Gasteiger partial charge < -0.3 is 14.2 Å². The second-order valence-electron chi connectivity index (χ2n) is 7.10. The molecule has 3 aromatic rings. The van der Waals surface area contributed by atoms with Crippen LogP contribution in [0.5, 0.6) is 5.75 Å². The molecule has 0 saturated carbocycles. The zero-order valence-corrected chi connectivity index (χ0v) is 16.3.